The molecule has 1 nitrogen and oxygen atoms in total. The van der Waals surface area contributed by atoms with Gasteiger partial charge in [0.15, 0.2) is 0 Å². The van der Waals surface area contributed by atoms with Crippen LogP contribution in [-0.4, -0.2) is 22.9 Å². The molecule has 3 heteroatoms. The van der Waals surface area contributed by atoms with Crippen LogP contribution in [0, 0.1) is 0 Å². The Labute approximate surface area is 97.5 Å². The van der Waals surface area contributed by atoms with Gasteiger partial charge in [-0.05, 0) is 25.0 Å². The lowest BCUT2D eigenvalue weighted by atomic mass is 10.2. The van der Waals surface area contributed by atoms with E-state index in [0.717, 1.165) is 11.1 Å². The molecule has 2 unspecified atom stereocenters. The van der Waals surface area contributed by atoms with Gasteiger partial charge in [-0.25, -0.2) is 0 Å². The van der Waals surface area contributed by atoms with E-state index in [0.29, 0.717) is 22.9 Å². The molecule has 13 heavy (non-hydrogen) atoms. The summed E-state index contributed by atoms with van der Waals surface area (Å²) in [4.78, 5) is 0.615. The van der Waals surface area contributed by atoms with Crippen molar-refractivity contribution in [2.75, 3.05) is 13.2 Å². The first kappa shape index (κ1) is 13.4. The van der Waals surface area contributed by atoms with Gasteiger partial charge in [0.05, 0.1) is 13.2 Å². The summed E-state index contributed by atoms with van der Waals surface area (Å²) >= 11 is 6.85. The third-order valence-corrected chi connectivity index (χ3v) is 2.99. The molecular weight excluding hydrogens is 296 g/mol. The van der Waals surface area contributed by atoms with E-state index in [9.17, 15) is 0 Å². The maximum absolute atomic E-state index is 5.42. The number of hydrogen-bond acceptors (Lipinski definition) is 1. The van der Waals surface area contributed by atoms with E-state index in [-0.39, 0.29) is 0 Å². The Kier molecular flexibility index (Phi) is 7.00. The normalized spacial score (nSPS) is 15.1. The summed E-state index contributed by atoms with van der Waals surface area (Å²) in [5, 5.41) is 0. The minimum Gasteiger partial charge on any atom is -0.373 e. The quantitative estimate of drug-likeness (QED) is 0.537. The average molecular weight is 312 g/mol. The molecule has 76 valence electrons. The number of hydrogen-bond donors (Lipinski definition) is 0. The van der Waals surface area contributed by atoms with Gasteiger partial charge >= 0.3 is 0 Å². The molecule has 0 N–H and O–H groups in total. The minimum atomic E-state index is 0.308. The zero-order valence-corrected chi connectivity index (χ0v) is 11.3. The summed E-state index contributed by atoms with van der Waals surface area (Å²) < 4.78 is 5.42. The van der Waals surface area contributed by atoms with Crippen molar-refractivity contribution >= 4 is 31.9 Å². The van der Waals surface area contributed by atoms with Crippen LogP contribution in [0.3, 0.4) is 0 Å². The maximum Gasteiger partial charge on any atom is 0.0689 e. The zero-order chi connectivity index (χ0) is 10.4. The summed E-state index contributed by atoms with van der Waals surface area (Å²) in [6, 6.07) is 0. The van der Waals surface area contributed by atoms with Crippen LogP contribution in [0.25, 0.3) is 0 Å². The number of ether oxygens (including phenoxy) is 1. The third kappa shape index (κ3) is 6.47. The van der Waals surface area contributed by atoms with Crippen molar-refractivity contribution in [3.8, 4) is 0 Å². The van der Waals surface area contributed by atoms with Crippen molar-refractivity contribution in [1.29, 1.82) is 0 Å². The summed E-state index contributed by atoms with van der Waals surface area (Å²) in [5.74, 6) is 0. The molecule has 0 bridgehead atoms. The Morgan fingerprint density at radius 2 is 1.38 bits per heavy atom. The molecule has 0 aromatic carbocycles. The van der Waals surface area contributed by atoms with Crippen molar-refractivity contribution in [3.05, 3.63) is 24.3 Å². The van der Waals surface area contributed by atoms with Crippen LogP contribution in [0.5, 0.6) is 0 Å². The van der Waals surface area contributed by atoms with Crippen LogP contribution in [0.15, 0.2) is 24.3 Å². The highest BCUT2D eigenvalue weighted by Gasteiger charge is 2.04. The Morgan fingerprint density at radius 3 is 1.62 bits per heavy atom. The van der Waals surface area contributed by atoms with Gasteiger partial charge in [-0.2, -0.15) is 0 Å². The second-order valence-electron chi connectivity index (χ2n) is 3.04. The van der Waals surface area contributed by atoms with E-state index in [1.807, 2.05) is 13.8 Å². The van der Waals surface area contributed by atoms with Crippen molar-refractivity contribution in [2.24, 2.45) is 0 Å². The summed E-state index contributed by atoms with van der Waals surface area (Å²) in [6.07, 6.45) is 0. The number of alkyl halides is 2. The zero-order valence-electron chi connectivity index (χ0n) is 8.15. The highest BCUT2D eigenvalue weighted by atomic mass is 79.9. The van der Waals surface area contributed by atoms with Crippen LogP contribution in [0.4, 0.5) is 0 Å². The third-order valence-electron chi connectivity index (χ3n) is 1.70. The number of rotatable bonds is 6. The Hall–Kier alpha value is 0.400. The monoisotopic (exact) mass is 310 g/mol. The van der Waals surface area contributed by atoms with Gasteiger partial charge in [0, 0.05) is 9.65 Å². The molecule has 0 radical (unpaired) electrons. The highest BCUT2D eigenvalue weighted by Crippen LogP contribution is 2.12. The molecule has 0 rings (SSSR count). The van der Waals surface area contributed by atoms with E-state index in [2.05, 4.69) is 45.0 Å². The first-order chi connectivity index (χ1) is 5.95. The fourth-order valence-electron chi connectivity index (χ4n) is 0.543. The van der Waals surface area contributed by atoms with E-state index in [1.165, 1.54) is 0 Å². The highest BCUT2D eigenvalue weighted by molar-refractivity contribution is 9.09. The molecule has 0 fully saturated rings. The fraction of sp³-hybridized carbons (Fsp3) is 0.600. The Balaban J connectivity index is 3.57. The van der Waals surface area contributed by atoms with Crippen molar-refractivity contribution in [1.82, 2.24) is 0 Å². The smallest absolute Gasteiger partial charge is 0.0689 e. The van der Waals surface area contributed by atoms with Crippen molar-refractivity contribution in [3.63, 3.8) is 0 Å². The van der Waals surface area contributed by atoms with Crippen LogP contribution in [0.2, 0.25) is 0 Å². The van der Waals surface area contributed by atoms with Crippen LogP contribution in [0.1, 0.15) is 13.8 Å². The summed E-state index contributed by atoms with van der Waals surface area (Å²) in [6.45, 7) is 13.0. The second-order valence-corrected chi connectivity index (χ2v) is 5.79. The molecule has 0 aliphatic heterocycles. The predicted octanol–water partition coefficient (Wildman–Crippen LogP) is 3.68. The average Bonchev–Trinajstić information content (AvgIpc) is 2.03. The molecule has 0 aromatic heterocycles. The van der Waals surface area contributed by atoms with Gasteiger partial charge in [-0.15, -0.1) is 0 Å². The summed E-state index contributed by atoms with van der Waals surface area (Å²) in [5.41, 5.74) is 2.10. The summed E-state index contributed by atoms with van der Waals surface area (Å²) in [7, 11) is 0. The van der Waals surface area contributed by atoms with E-state index in [4.69, 9.17) is 4.74 Å². The van der Waals surface area contributed by atoms with Gasteiger partial charge in [-0.1, -0.05) is 45.0 Å². The molecule has 0 amide bonds. The predicted molar refractivity (Wildman–Crippen MR) is 65.9 cm³/mol. The van der Waals surface area contributed by atoms with Gasteiger partial charge < -0.3 is 4.74 Å². The Morgan fingerprint density at radius 1 is 1.08 bits per heavy atom. The van der Waals surface area contributed by atoms with E-state index in [1.54, 1.807) is 0 Å². The number of halogens is 2. The standard InChI is InChI=1S/C10H16Br2O/c1-7(9(3)11)5-13-6-8(2)10(4)12/h9-10H,1-2,5-6H2,3-4H3. The van der Waals surface area contributed by atoms with Crippen molar-refractivity contribution in [2.45, 2.75) is 23.5 Å². The van der Waals surface area contributed by atoms with Crippen LogP contribution < -0.4 is 0 Å². The first-order valence-corrected chi connectivity index (χ1v) is 5.99. The second kappa shape index (κ2) is 6.80. The van der Waals surface area contributed by atoms with Crippen LogP contribution >= 0.6 is 31.9 Å². The largest absolute Gasteiger partial charge is 0.373 e. The van der Waals surface area contributed by atoms with Gasteiger partial charge in [0.25, 0.3) is 0 Å². The topological polar surface area (TPSA) is 9.23 Å². The lowest BCUT2D eigenvalue weighted by Crippen LogP contribution is -2.09. The van der Waals surface area contributed by atoms with Crippen molar-refractivity contribution < 1.29 is 4.74 Å². The SMILES string of the molecule is C=C(COCC(=C)C(C)Br)C(C)Br. The maximum atomic E-state index is 5.42. The molecule has 0 saturated carbocycles. The lowest BCUT2D eigenvalue weighted by molar-refractivity contribution is 0.178. The lowest BCUT2D eigenvalue weighted by Gasteiger charge is -2.11. The van der Waals surface area contributed by atoms with Gasteiger partial charge in [0.1, 0.15) is 0 Å². The van der Waals surface area contributed by atoms with E-state index < -0.39 is 0 Å². The van der Waals surface area contributed by atoms with Crippen LogP contribution in [-0.2, 0) is 4.74 Å². The molecule has 0 spiro atoms. The first-order valence-electron chi connectivity index (χ1n) is 4.16. The molecule has 0 aliphatic carbocycles. The molecular formula is C10H16Br2O. The Bertz CT molecular complexity index is 165. The molecule has 0 saturated heterocycles. The molecule has 0 heterocycles. The van der Waals surface area contributed by atoms with E-state index >= 15 is 0 Å². The molecule has 2 atom stereocenters. The van der Waals surface area contributed by atoms with Gasteiger partial charge in [-0.3, -0.25) is 0 Å². The fourth-order valence-corrected chi connectivity index (χ4v) is 0.807. The minimum absolute atomic E-state index is 0.308. The molecule has 0 aliphatic rings. The molecule has 0 aromatic rings. The van der Waals surface area contributed by atoms with Gasteiger partial charge in [0.2, 0.25) is 0 Å².